The normalized spacial score (nSPS) is 43.9. The molecule has 5 heterocycles. The molecule has 5 saturated heterocycles. The topological polar surface area (TPSA) is 101 Å². The number of hydrogen-bond acceptors (Lipinski definition) is 7. The molecule has 44 heavy (non-hydrogen) atoms. The number of alkyl halides is 2. The van der Waals surface area contributed by atoms with E-state index in [0.717, 1.165) is 25.9 Å². The lowest BCUT2D eigenvalue weighted by Gasteiger charge is -2.60. The Bertz CT molecular complexity index is 1050. The first-order valence-corrected chi connectivity index (χ1v) is 17.1. The van der Waals surface area contributed by atoms with Crippen LogP contribution in [0.4, 0.5) is 13.6 Å². The predicted octanol–water partition coefficient (Wildman–Crippen LogP) is 1.97. The summed E-state index contributed by atoms with van der Waals surface area (Å²) in [4.78, 5) is 32.8. The zero-order valence-corrected chi connectivity index (χ0v) is 26.6. The number of urea groups is 1. The molecular formula is C32H53F2N7O3. The number of rotatable bonds is 3. The van der Waals surface area contributed by atoms with Gasteiger partial charge in [-0.25, -0.2) is 13.6 Å². The van der Waals surface area contributed by atoms with E-state index in [4.69, 9.17) is 4.74 Å². The summed E-state index contributed by atoms with van der Waals surface area (Å²) >= 11 is 0. The van der Waals surface area contributed by atoms with Gasteiger partial charge in [0.15, 0.2) is 0 Å². The van der Waals surface area contributed by atoms with Crippen molar-refractivity contribution < 1.29 is 23.1 Å². The number of hydrogen-bond donors (Lipinski definition) is 4. The average molecular weight is 622 g/mol. The van der Waals surface area contributed by atoms with Crippen LogP contribution in [0.2, 0.25) is 0 Å². The Morgan fingerprint density at radius 1 is 1.05 bits per heavy atom. The van der Waals surface area contributed by atoms with Crippen molar-refractivity contribution in [2.24, 2.45) is 17.8 Å². The number of halogens is 2. The zero-order chi connectivity index (χ0) is 31.1. The lowest BCUT2D eigenvalue weighted by atomic mass is 9.73. The maximum absolute atomic E-state index is 16.5. The molecule has 248 valence electrons. The van der Waals surface area contributed by atoms with Gasteiger partial charge in [-0.1, -0.05) is 20.4 Å². The van der Waals surface area contributed by atoms with E-state index in [9.17, 15) is 9.59 Å². The van der Waals surface area contributed by atoms with E-state index in [2.05, 4.69) is 53.5 Å². The van der Waals surface area contributed by atoms with Crippen LogP contribution in [-0.4, -0.2) is 127 Å². The van der Waals surface area contributed by atoms with E-state index in [0.29, 0.717) is 45.5 Å². The molecule has 5 aliphatic heterocycles. The summed E-state index contributed by atoms with van der Waals surface area (Å²) in [6.07, 6.45) is 1.45. The Morgan fingerprint density at radius 3 is 2.61 bits per heavy atom. The van der Waals surface area contributed by atoms with E-state index < -0.39 is 36.6 Å². The fraction of sp³-hybridized carbons (Fsp3) is 0.875. The minimum Gasteiger partial charge on any atom is -0.378 e. The zero-order valence-electron chi connectivity index (χ0n) is 26.6. The second-order valence-corrected chi connectivity index (χ2v) is 14.3. The highest BCUT2D eigenvalue weighted by Crippen LogP contribution is 2.42. The Morgan fingerprint density at radius 2 is 1.86 bits per heavy atom. The molecule has 0 aromatic rings. The Labute approximate surface area is 261 Å². The molecule has 4 N–H and O–H groups in total. The molecule has 0 aromatic heterocycles. The van der Waals surface area contributed by atoms with Crippen LogP contribution in [0, 0.1) is 17.8 Å². The molecule has 11 unspecified atom stereocenters. The van der Waals surface area contributed by atoms with Crippen LogP contribution in [-0.2, 0) is 9.53 Å². The van der Waals surface area contributed by atoms with Crippen molar-refractivity contribution in [1.29, 1.82) is 0 Å². The molecule has 4 bridgehead atoms. The number of fused-ring (bicyclic) bond motifs is 6. The molecule has 3 amide bonds. The smallest absolute Gasteiger partial charge is 0.320 e. The van der Waals surface area contributed by atoms with Crippen LogP contribution >= 0.6 is 0 Å². The van der Waals surface area contributed by atoms with Crippen molar-refractivity contribution in [2.45, 2.75) is 120 Å². The summed E-state index contributed by atoms with van der Waals surface area (Å²) in [6.45, 7) is 13.8. The lowest BCUT2D eigenvalue weighted by molar-refractivity contribution is -0.132. The highest BCUT2D eigenvalue weighted by molar-refractivity contribution is 5.87. The van der Waals surface area contributed by atoms with Gasteiger partial charge in [-0.05, 0) is 70.5 Å². The van der Waals surface area contributed by atoms with Gasteiger partial charge in [0.25, 0.3) is 0 Å². The number of piperidine rings is 2. The van der Waals surface area contributed by atoms with Gasteiger partial charge in [0.1, 0.15) is 12.3 Å². The van der Waals surface area contributed by atoms with Crippen molar-refractivity contribution in [2.75, 3.05) is 39.3 Å². The van der Waals surface area contributed by atoms with Gasteiger partial charge in [-0.3, -0.25) is 15.0 Å². The largest absolute Gasteiger partial charge is 0.378 e. The van der Waals surface area contributed by atoms with E-state index in [-0.39, 0.29) is 60.5 Å². The van der Waals surface area contributed by atoms with Crippen LogP contribution in [0.25, 0.3) is 0 Å². The van der Waals surface area contributed by atoms with E-state index in [1.54, 1.807) is 4.90 Å². The van der Waals surface area contributed by atoms with Gasteiger partial charge >= 0.3 is 6.03 Å². The van der Waals surface area contributed by atoms with E-state index >= 15 is 8.78 Å². The molecule has 0 radical (unpaired) electrons. The summed E-state index contributed by atoms with van der Waals surface area (Å²) in [5.41, 5.74) is 0. The fourth-order valence-corrected chi connectivity index (χ4v) is 9.17. The van der Waals surface area contributed by atoms with Gasteiger partial charge in [0.2, 0.25) is 5.91 Å². The van der Waals surface area contributed by atoms with Crippen LogP contribution in [0.5, 0.6) is 0 Å². The molecule has 6 rings (SSSR count). The molecule has 12 heteroatoms. The van der Waals surface area contributed by atoms with Crippen LogP contribution in [0.1, 0.15) is 59.3 Å². The first kappa shape index (κ1) is 32.1. The number of amides is 3. The quantitative estimate of drug-likeness (QED) is 0.358. The summed E-state index contributed by atoms with van der Waals surface area (Å²) in [7, 11) is 0. The van der Waals surface area contributed by atoms with Crippen molar-refractivity contribution in [3.05, 3.63) is 12.7 Å². The van der Waals surface area contributed by atoms with Gasteiger partial charge < -0.3 is 30.5 Å². The van der Waals surface area contributed by atoms with Crippen LogP contribution < -0.4 is 21.3 Å². The predicted molar refractivity (Wildman–Crippen MR) is 164 cm³/mol. The van der Waals surface area contributed by atoms with Crippen molar-refractivity contribution in [1.82, 2.24) is 36.0 Å². The van der Waals surface area contributed by atoms with Gasteiger partial charge in [-0.2, -0.15) is 0 Å². The maximum atomic E-state index is 16.5. The van der Waals surface area contributed by atoms with Crippen LogP contribution in [0.3, 0.4) is 0 Å². The molecule has 6 fully saturated rings. The SMILES string of the molecule is C=CC(=O)N1CCN(C2NC(=O)N3C4NC(C(F)CC42)C2CC(CCC2F)OCCCNC2CCNC(C(C)C)C23)[C@@H](C)C1. The third kappa shape index (κ3) is 6.13. The molecular weight excluding hydrogens is 568 g/mol. The van der Waals surface area contributed by atoms with Gasteiger partial charge in [0, 0.05) is 62.2 Å². The number of piperazine rings is 1. The Balaban J connectivity index is 1.36. The average Bonchev–Trinajstić information content (AvgIpc) is 3.00. The monoisotopic (exact) mass is 621 g/mol. The number of carbonyl (C=O) groups excluding carboxylic acids is 2. The minimum absolute atomic E-state index is 0.0390. The first-order chi connectivity index (χ1) is 21.2. The third-order valence-corrected chi connectivity index (χ3v) is 11.4. The highest BCUT2D eigenvalue weighted by Gasteiger charge is 2.57. The number of carbonyl (C=O) groups is 2. The second kappa shape index (κ2) is 13.5. The number of ether oxygens (including phenoxy) is 1. The maximum Gasteiger partial charge on any atom is 0.320 e. The van der Waals surface area contributed by atoms with Crippen LogP contribution in [0.15, 0.2) is 12.7 Å². The van der Waals surface area contributed by atoms with Gasteiger partial charge in [-0.15, -0.1) is 0 Å². The molecule has 6 aliphatic rings. The number of nitrogens with zero attached hydrogens (tertiary/aromatic N) is 3. The summed E-state index contributed by atoms with van der Waals surface area (Å²) in [6, 6.07) is -0.994. The standard InChI is InChI=1S/C32H53F2N7O3/c1-5-26(42)39-12-13-40(19(4)17-39)30-22-16-24(34)28-21-15-20(7-8-23(21)33)44-14-6-10-35-25-9-11-36-27(18(2)3)29(25)41(31(22)37-28)32(43)38-30/h5,18-25,27-31,35-37H,1,6-17H2,2-4H3,(H,38,43)/t19-,20?,21?,22?,23?,24?,25?,27?,28?,29?,30?,31?/m0/s1. The van der Waals surface area contributed by atoms with E-state index in [1.807, 2.05) is 4.90 Å². The number of nitrogens with one attached hydrogen (secondary N) is 4. The first-order valence-electron chi connectivity index (χ1n) is 17.1. The fourth-order valence-electron chi connectivity index (χ4n) is 9.17. The Kier molecular flexibility index (Phi) is 9.83. The van der Waals surface area contributed by atoms with Crippen molar-refractivity contribution >= 4 is 11.9 Å². The molecule has 0 aromatic carbocycles. The highest BCUT2D eigenvalue weighted by atomic mass is 19.1. The molecule has 12 atom stereocenters. The molecule has 10 nitrogen and oxygen atoms in total. The summed E-state index contributed by atoms with van der Waals surface area (Å²) in [5, 5.41) is 14.4. The molecule has 0 spiro atoms. The third-order valence-electron chi connectivity index (χ3n) is 11.4. The van der Waals surface area contributed by atoms with E-state index in [1.165, 1.54) is 6.08 Å². The summed E-state index contributed by atoms with van der Waals surface area (Å²) in [5.74, 6) is -0.621. The Hall–Kier alpha value is -1.86. The summed E-state index contributed by atoms with van der Waals surface area (Å²) < 4.78 is 38.3. The minimum atomic E-state index is -1.26. The van der Waals surface area contributed by atoms with Crippen molar-refractivity contribution in [3.8, 4) is 0 Å². The van der Waals surface area contributed by atoms with Gasteiger partial charge in [0.05, 0.1) is 24.5 Å². The molecule has 1 saturated carbocycles. The second-order valence-electron chi connectivity index (χ2n) is 14.3. The van der Waals surface area contributed by atoms with Crippen molar-refractivity contribution in [3.63, 3.8) is 0 Å². The molecule has 1 aliphatic carbocycles. The lowest BCUT2D eigenvalue weighted by Crippen LogP contribution is -2.81.